The molecule has 0 spiro atoms. The van der Waals surface area contributed by atoms with Crippen LogP contribution in [0.1, 0.15) is 63.0 Å². The van der Waals surface area contributed by atoms with Crippen molar-refractivity contribution in [3.63, 3.8) is 0 Å². The molecule has 9 heteroatoms. The minimum absolute atomic E-state index is 0.0900. The highest BCUT2D eigenvalue weighted by Crippen LogP contribution is 2.39. The molecule has 0 bridgehead atoms. The number of nitrogens with one attached hydrogen (secondary N) is 1. The van der Waals surface area contributed by atoms with Gasteiger partial charge in [0.25, 0.3) is 0 Å². The summed E-state index contributed by atoms with van der Waals surface area (Å²) < 4.78 is 6.93. The summed E-state index contributed by atoms with van der Waals surface area (Å²) in [6, 6.07) is 8.54. The number of aromatic nitrogens is 2. The Balaban J connectivity index is 1.45. The van der Waals surface area contributed by atoms with Gasteiger partial charge in [0, 0.05) is 18.7 Å². The maximum Gasteiger partial charge on any atom is 0.424 e. The zero-order valence-corrected chi connectivity index (χ0v) is 21.3. The fourth-order valence-electron chi connectivity index (χ4n) is 6.21. The molecule has 3 unspecified atom stereocenters. The molecule has 3 heterocycles. The second-order valence-corrected chi connectivity index (χ2v) is 10.3. The smallest absolute Gasteiger partial charge is 0.407 e. The highest BCUT2D eigenvalue weighted by Gasteiger charge is 2.39. The number of oxazole rings is 1. The zero-order chi connectivity index (χ0) is 25.9. The number of benzene rings is 1. The number of carbonyl (C=O) groups is 2. The molecule has 3 atom stereocenters. The van der Waals surface area contributed by atoms with Gasteiger partial charge in [-0.05, 0) is 68.8 Å². The van der Waals surface area contributed by atoms with E-state index in [9.17, 15) is 14.4 Å². The van der Waals surface area contributed by atoms with Crippen molar-refractivity contribution in [2.45, 2.75) is 63.5 Å². The third-order valence-electron chi connectivity index (χ3n) is 8.13. The number of nitrogens with two attached hydrogens (primary N) is 1. The Labute approximate surface area is 216 Å². The van der Waals surface area contributed by atoms with Crippen molar-refractivity contribution in [2.24, 2.45) is 17.6 Å². The molecule has 37 heavy (non-hydrogen) atoms. The van der Waals surface area contributed by atoms with Gasteiger partial charge in [0.15, 0.2) is 5.58 Å². The number of likely N-dealkylation sites (N-methyl/N-ethyl adjacent to an activating group) is 1. The highest BCUT2D eigenvalue weighted by atomic mass is 16.4. The van der Waals surface area contributed by atoms with Crippen LogP contribution in [0, 0.1) is 11.8 Å². The third kappa shape index (κ3) is 5.05. The molecule has 3 aromatic rings. The van der Waals surface area contributed by atoms with Crippen LogP contribution in [0.3, 0.4) is 0 Å². The van der Waals surface area contributed by atoms with E-state index in [1.807, 2.05) is 29.2 Å². The highest BCUT2D eigenvalue weighted by molar-refractivity contribution is 5.83. The Hall–Kier alpha value is -3.46. The molecule has 1 aliphatic heterocycles. The number of pyridine rings is 1. The number of nitrogens with zero attached hydrogens (tertiary/aromatic N) is 3. The van der Waals surface area contributed by atoms with Gasteiger partial charge in [-0.2, -0.15) is 0 Å². The Morgan fingerprint density at radius 2 is 1.92 bits per heavy atom. The summed E-state index contributed by atoms with van der Waals surface area (Å²) in [6.07, 6.45) is 10.9. The van der Waals surface area contributed by atoms with Crippen molar-refractivity contribution in [1.82, 2.24) is 19.8 Å². The second-order valence-electron chi connectivity index (χ2n) is 10.3. The van der Waals surface area contributed by atoms with Gasteiger partial charge < -0.3 is 20.4 Å². The molecular formula is C28H35N5O4. The maximum absolute atomic E-state index is 14.1. The van der Waals surface area contributed by atoms with E-state index in [1.54, 1.807) is 25.5 Å². The fraction of sp³-hybridized carbons (Fsp3) is 0.500. The summed E-state index contributed by atoms with van der Waals surface area (Å²) in [5.74, 6) is -0.821. The molecule has 1 saturated heterocycles. The molecule has 1 saturated carbocycles. The Kier molecular flexibility index (Phi) is 7.41. The zero-order valence-electron chi connectivity index (χ0n) is 21.3. The molecule has 1 aliphatic carbocycles. The lowest BCUT2D eigenvalue weighted by molar-refractivity contribution is -0.139. The first-order valence-corrected chi connectivity index (χ1v) is 13.3. The third-order valence-corrected chi connectivity index (χ3v) is 8.13. The van der Waals surface area contributed by atoms with Crippen molar-refractivity contribution in [3.05, 3.63) is 58.8 Å². The van der Waals surface area contributed by atoms with E-state index in [0.717, 1.165) is 44.1 Å². The van der Waals surface area contributed by atoms with Crippen molar-refractivity contribution in [3.8, 4) is 5.69 Å². The first-order valence-electron chi connectivity index (χ1n) is 13.3. The van der Waals surface area contributed by atoms with Crippen LogP contribution < -0.4 is 16.8 Å². The fourth-order valence-corrected chi connectivity index (χ4v) is 6.21. The topological polar surface area (TPSA) is 123 Å². The molecule has 3 N–H and O–H groups in total. The summed E-state index contributed by atoms with van der Waals surface area (Å²) in [4.78, 5) is 45.2. The summed E-state index contributed by atoms with van der Waals surface area (Å²) >= 11 is 0. The minimum atomic E-state index is -0.539. The molecule has 196 valence electrons. The number of rotatable bonds is 8. The molecule has 2 amide bonds. The average molecular weight is 506 g/mol. The predicted molar refractivity (Wildman–Crippen MR) is 140 cm³/mol. The van der Waals surface area contributed by atoms with Gasteiger partial charge in [-0.15, -0.1) is 0 Å². The summed E-state index contributed by atoms with van der Waals surface area (Å²) in [6.45, 7) is 0.659. The summed E-state index contributed by atoms with van der Waals surface area (Å²) in [5.41, 5.74) is 8.33. The van der Waals surface area contributed by atoms with Crippen molar-refractivity contribution < 1.29 is 14.0 Å². The lowest BCUT2D eigenvalue weighted by atomic mass is 9.76. The Morgan fingerprint density at radius 1 is 1.14 bits per heavy atom. The van der Waals surface area contributed by atoms with E-state index in [1.165, 1.54) is 11.0 Å². The van der Waals surface area contributed by atoms with E-state index in [0.29, 0.717) is 29.8 Å². The van der Waals surface area contributed by atoms with Crippen LogP contribution in [0.25, 0.3) is 16.8 Å². The Morgan fingerprint density at radius 3 is 2.68 bits per heavy atom. The van der Waals surface area contributed by atoms with Gasteiger partial charge in [-0.1, -0.05) is 31.4 Å². The van der Waals surface area contributed by atoms with Crippen LogP contribution >= 0.6 is 0 Å². The van der Waals surface area contributed by atoms with E-state index in [2.05, 4.69) is 10.3 Å². The minimum Gasteiger partial charge on any atom is -0.407 e. The number of para-hydroxylation sites is 2. The van der Waals surface area contributed by atoms with E-state index < -0.39 is 17.7 Å². The molecule has 2 aliphatic rings. The molecule has 9 nitrogen and oxygen atoms in total. The molecule has 5 rings (SSSR count). The SMILES string of the molecule is CNC(CC(C(=O)N1CCCC1c1cncc(-n2c(=O)oc3ccccc32)c1)C1CCCCC1)C(N)=O. The summed E-state index contributed by atoms with van der Waals surface area (Å²) in [5, 5.41) is 3.01. The molecule has 0 radical (unpaired) electrons. The standard InChI is InChI=1S/C28H35N5O4/c1-30-22(26(29)34)15-21(18-8-3-2-4-9-18)27(35)32-13-7-11-23(32)19-14-20(17-31-16-19)33-24-10-5-6-12-25(24)37-28(33)36/h5-6,10,12,14,16-18,21-23,30H,2-4,7-9,11,13,15H2,1H3,(H2,29,34). The van der Waals surface area contributed by atoms with Crippen LogP contribution in [0.5, 0.6) is 0 Å². The van der Waals surface area contributed by atoms with Gasteiger partial charge >= 0.3 is 5.76 Å². The molecular weight excluding hydrogens is 470 g/mol. The van der Waals surface area contributed by atoms with Crippen LogP contribution in [0.2, 0.25) is 0 Å². The van der Waals surface area contributed by atoms with Crippen molar-refractivity contribution >= 4 is 22.9 Å². The van der Waals surface area contributed by atoms with E-state index in [-0.39, 0.29) is 23.8 Å². The number of fused-ring (bicyclic) bond motifs is 1. The number of primary amides is 1. The number of carbonyl (C=O) groups excluding carboxylic acids is 2. The lowest BCUT2D eigenvalue weighted by Crippen LogP contribution is -2.46. The lowest BCUT2D eigenvalue weighted by Gasteiger charge is -2.36. The van der Waals surface area contributed by atoms with Crippen LogP contribution in [-0.2, 0) is 9.59 Å². The van der Waals surface area contributed by atoms with Gasteiger partial charge in [0.05, 0.1) is 29.5 Å². The number of hydrogen-bond donors (Lipinski definition) is 2. The number of amides is 2. The van der Waals surface area contributed by atoms with E-state index in [4.69, 9.17) is 10.2 Å². The number of likely N-dealkylation sites (tertiary alicyclic amines) is 1. The maximum atomic E-state index is 14.1. The summed E-state index contributed by atoms with van der Waals surface area (Å²) in [7, 11) is 1.72. The number of hydrogen-bond acceptors (Lipinski definition) is 6. The molecule has 1 aromatic carbocycles. The van der Waals surface area contributed by atoms with Crippen LogP contribution in [0.4, 0.5) is 0 Å². The van der Waals surface area contributed by atoms with Gasteiger partial charge in [-0.25, -0.2) is 9.36 Å². The van der Waals surface area contributed by atoms with Crippen LogP contribution in [-0.4, -0.2) is 45.9 Å². The molecule has 2 aromatic heterocycles. The molecule has 2 fully saturated rings. The van der Waals surface area contributed by atoms with Gasteiger partial charge in [0.2, 0.25) is 11.8 Å². The quantitative estimate of drug-likeness (QED) is 0.484. The van der Waals surface area contributed by atoms with E-state index >= 15 is 0 Å². The normalized spacial score (nSPS) is 20.2. The van der Waals surface area contributed by atoms with Gasteiger partial charge in [0.1, 0.15) is 0 Å². The van der Waals surface area contributed by atoms with Gasteiger partial charge in [-0.3, -0.25) is 14.6 Å². The second kappa shape index (κ2) is 10.9. The predicted octanol–water partition coefficient (Wildman–Crippen LogP) is 3.30. The van der Waals surface area contributed by atoms with Crippen molar-refractivity contribution in [1.29, 1.82) is 0 Å². The first-order chi connectivity index (χ1) is 18.0. The van der Waals surface area contributed by atoms with Crippen molar-refractivity contribution in [2.75, 3.05) is 13.6 Å². The largest absolute Gasteiger partial charge is 0.424 e. The average Bonchev–Trinajstić information content (AvgIpc) is 3.53. The monoisotopic (exact) mass is 505 g/mol. The Bertz CT molecular complexity index is 1330. The first kappa shape index (κ1) is 25.2. The van der Waals surface area contributed by atoms with Crippen LogP contribution in [0.15, 0.2) is 51.9 Å².